The van der Waals surface area contributed by atoms with Crippen molar-refractivity contribution in [3.05, 3.63) is 16.5 Å². The first-order chi connectivity index (χ1) is 7.70. The van der Waals surface area contributed by atoms with Crippen molar-refractivity contribution >= 4 is 17.4 Å². The van der Waals surface area contributed by atoms with Crippen LogP contribution in [0.15, 0.2) is 0 Å². The average Bonchev–Trinajstić information content (AvgIpc) is 2.18. The van der Waals surface area contributed by atoms with E-state index in [0.717, 1.165) is 5.56 Å². The minimum atomic E-state index is -0.790. The van der Waals surface area contributed by atoms with Crippen LogP contribution in [0.2, 0.25) is 5.15 Å². The molecular formula is C12H20ClN3O. The van der Waals surface area contributed by atoms with Gasteiger partial charge in [-0.3, -0.25) is 0 Å². The normalized spacial score (nSPS) is 12.0. The lowest BCUT2D eigenvalue weighted by Gasteiger charge is -2.20. The van der Waals surface area contributed by atoms with Gasteiger partial charge in [0.25, 0.3) is 0 Å². The third-order valence-corrected chi connectivity index (χ3v) is 2.68. The summed E-state index contributed by atoms with van der Waals surface area (Å²) >= 11 is 6.06. The van der Waals surface area contributed by atoms with Gasteiger partial charge >= 0.3 is 0 Å². The molecule has 1 rings (SSSR count). The van der Waals surface area contributed by atoms with Gasteiger partial charge in [0.05, 0.1) is 5.60 Å². The van der Waals surface area contributed by atoms with Crippen molar-refractivity contribution in [2.24, 2.45) is 0 Å². The maximum absolute atomic E-state index is 9.68. The molecule has 2 N–H and O–H groups in total. The third kappa shape index (κ3) is 4.13. The number of nitrogens with zero attached hydrogens (tertiary/aromatic N) is 2. The summed E-state index contributed by atoms with van der Waals surface area (Å²) in [6.07, 6.45) is 0. The molecule has 4 nitrogen and oxygen atoms in total. The van der Waals surface area contributed by atoms with E-state index in [4.69, 9.17) is 11.6 Å². The fourth-order valence-corrected chi connectivity index (χ4v) is 1.41. The topological polar surface area (TPSA) is 58.0 Å². The van der Waals surface area contributed by atoms with Crippen LogP contribution in [0.5, 0.6) is 0 Å². The Morgan fingerprint density at radius 2 is 1.94 bits per heavy atom. The molecule has 0 aliphatic heterocycles. The first-order valence-electron chi connectivity index (χ1n) is 5.71. The Bertz CT molecular complexity index is 399. The van der Waals surface area contributed by atoms with Gasteiger partial charge in [-0.05, 0) is 20.8 Å². The molecule has 17 heavy (non-hydrogen) atoms. The van der Waals surface area contributed by atoms with Crippen LogP contribution in [-0.2, 0) is 0 Å². The van der Waals surface area contributed by atoms with E-state index < -0.39 is 5.60 Å². The molecule has 0 spiro atoms. The summed E-state index contributed by atoms with van der Waals surface area (Å²) in [4.78, 5) is 8.65. The second-order valence-electron chi connectivity index (χ2n) is 5.17. The van der Waals surface area contributed by atoms with E-state index >= 15 is 0 Å². The van der Waals surface area contributed by atoms with E-state index in [0.29, 0.717) is 23.3 Å². The lowest BCUT2D eigenvalue weighted by Crippen LogP contribution is -2.30. The van der Waals surface area contributed by atoms with Gasteiger partial charge in [-0.15, -0.1) is 0 Å². The highest BCUT2D eigenvalue weighted by Crippen LogP contribution is 2.23. The van der Waals surface area contributed by atoms with Crippen LogP contribution in [0.4, 0.5) is 5.82 Å². The maximum atomic E-state index is 9.68. The van der Waals surface area contributed by atoms with E-state index in [1.807, 2.05) is 20.8 Å². The Morgan fingerprint density at radius 3 is 2.41 bits per heavy atom. The summed E-state index contributed by atoms with van der Waals surface area (Å²) in [7, 11) is 0. The molecule has 0 aliphatic rings. The van der Waals surface area contributed by atoms with Crippen LogP contribution in [0.25, 0.3) is 0 Å². The van der Waals surface area contributed by atoms with Gasteiger partial charge in [-0.25, -0.2) is 9.97 Å². The first-order valence-corrected chi connectivity index (χ1v) is 6.09. The lowest BCUT2D eigenvalue weighted by molar-refractivity contribution is 0.0944. The maximum Gasteiger partial charge on any atom is 0.137 e. The molecule has 0 saturated carbocycles. The zero-order valence-corrected chi connectivity index (χ0v) is 11.8. The Balaban J connectivity index is 2.98. The number of anilines is 1. The summed E-state index contributed by atoms with van der Waals surface area (Å²) in [6.45, 7) is 9.78. The van der Waals surface area contributed by atoms with Crippen LogP contribution < -0.4 is 5.32 Å². The lowest BCUT2D eigenvalue weighted by atomic mass is 10.1. The molecule has 0 saturated heterocycles. The van der Waals surface area contributed by atoms with E-state index in [1.165, 1.54) is 0 Å². The number of halogens is 1. The Labute approximate surface area is 107 Å². The summed E-state index contributed by atoms with van der Waals surface area (Å²) in [5.74, 6) is 1.62. The number of rotatable bonds is 4. The second-order valence-corrected chi connectivity index (χ2v) is 5.52. The molecule has 96 valence electrons. The van der Waals surface area contributed by atoms with Gasteiger partial charge in [0.1, 0.15) is 16.8 Å². The molecule has 0 aromatic carbocycles. The molecule has 0 unspecified atom stereocenters. The van der Waals surface area contributed by atoms with Gasteiger partial charge in [-0.1, -0.05) is 25.4 Å². The predicted octanol–water partition coefficient (Wildman–Crippen LogP) is 2.74. The highest BCUT2D eigenvalue weighted by molar-refractivity contribution is 6.30. The summed E-state index contributed by atoms with van der Waals surface area (Å²) in [5, 5.41) is 13.2. The second kappa shape index (κ2) is 5.19. The van der Waals surface area contributed by atoms with Crippen molar-refractivity contribution in [1.82, 2.24) is 9.97 Å². The SMILES string of the molecule is Cc1c(Cl)nc(C(C)C)nc1NCC(C)(C)O. The molecular weight excluding hydrogens is 238 g/mol. The van der Waals surface area contributed by atoms with E-state index in [-0.39, 0.29) is 5.92 Å². The molecule has 0 radical (unpaired) electrons. The zero-order valence-electron chi connectivity index (χ0n) is 11.0. The number of aromatic nitrogens is 2. The summed E-state index contributed by atoms with van der Waals surface area (Å²) in [6, 6.07) is 0. The monoisotopic (exact) mass is 257 g/mol. The number of hydrogen-bond donors (Lipinski definition) is 2. The van der Waals surface area contributed by atoms with Gasteiger partial charge in [0.2, 0.25) is 0 Å². The van der Waals surface area contributed by atoms with Gasteiger partial charge < -0.3 is 10.4 Å². The largest absolute Gasteiger partial charge is 0.389 e. The van der Waals surface area contributed by atoms with Crippen molar-refractivity contribution < 1.29 is 5.11 Å². The standard InChI is InChI=1S/C12H20ClN3O/c1-7(2)10-15-9(13)8(3)11(16-10)14-6-12(4,5)17/h7,17H,6H2,1-5H3,(H,14,15,16). The average molecular weight is 258 g/mol. The van der Waals surface area contributed by atoms with Crippen molar-refractivity contribution in [2.45, 2.75) is 46.1 Å². The number of hydrogen-bond acceptors (Lipinski definition) is 4. The first kappa shape index (κ1) is 14.2. The molecule has 5 heteroatoms. The van der Waals surface area contributed by atoms with Crippen LogP contribution >= 0.6 is 11.6 Å². The Kier molecular flexibility index (Phi) is 4.33. The van der Waals surface area contributed by atoms with Crippen LogP contribution in [-0.4, -0.2) is 27.2 Å². The van der Waals surface area contributed by atoms with Gasteiger partial charge in [0.15, 0.2) is 0 Å². The molecule has 1 aromatic heterocycles. The predicted molar refractivity (Wildman–Crippen MR) is 70.7 cm³/mol. The van der Waals surface area contributed by atoms with Crippen LogP contribution in [0.3, 0.4) is 0 Å². The van der Waals surface area contributed by atoms with E-state index in [9.17, 15) is 5.11 Å². The van der Waals surface area contributed by atoms with Crippen molar-refractivity contribution in [3.63, 3.8) is 0 Å². The minimum Gasteiger partial charge on any atom is -0.389 e. The molecule has 1 heterocycles. The Morgan fingerprint density at radius 1 is 1.35 bits per heavy atom. The van der Waals surface area contributed by atoms with Gasteiger partial charge in [-0.2, -0.15) is 0 Å². The molecule has 0 atom stereocenters. The third-order valence-electron chi connectivity index (χ3n) is 2.31. The van der Waals surface area contributed by atoms with E-state index in [1.54, 1.807) is 13.8 Å². The highest BCUT2D eigenvalue weighted by Gasteiger charge is 2.16. The van der Waals surface area contributed by atoms with Crippen molar-refractivity contribution in [2.75, 3.05) is 11.9 Å². The smallest absolute Gasteiger partial charge is 0.137 e. The molecule has 0 bridgehead atoms. The Hall–Kier alpha value is -0.870. The molecule has 0 aliphatic carbocycles. The van der Waals surface area contributed by atoms with Gasteiger partial charge in [0, 0.05) is 18.0 Å². The van der Waals surface area contributed by atoms with Crippen molar-refractivity contribution in [1.29, 1.82) is 0 Å². The highest BCUT2D eigenvalue weighted by atomic mass is 35.5. The van der Waals surface area contributed by atoms with E-state index in [2.05, 4.69) is 15.3 Å². The summed E-state index contributed by atoms with van der Waals surface area (Å²) < 4.78 is 0. The van der Waals surface area contributed by atoms with Crippen LogP contribution in [0, 0.1) is 6.92 Å². The molecule has 1 aromatic rings. The quantitative estimate of drug-likeness (QED) is 0.815. The van der Waals surface area contributed by atoms with Crippen molar-refractivity contribution in [3.8, 4) is 0 Å². The number of aliphatic hydroxyl groups is 1. The summed E-state index contributed by atoms with van der Waals surface area (Å²) in [5.41, 5.74) is 0.0160. The van der Waals surface area contributed by atoms with Crippen LogP contribution in [0.1, 0.15) is 45.0 Å². The molecule has 0 amide bonds. The fourth-order valence-electron chi connectivity index (χ4n) is 1.24. The number of nitrogens with one attached hydrogen (secondary N) is 1. The fraction of sp³-hybridized carbons (Fsp3) is 0.667. The molecule has 0 fully saturated rings. The minimum absolute atomic E-state index is 0.218. The zero-order chi connectivity index (χ0) is 13.2.